The third-order valence-corrected chi connectivity index (χ3v) is 10.2. The average molecular weight is 611 g/mol. The molecule has 1 spiro atoms. The lowest BCUT2D eigenvalue weighted by atomic mass is 9.70. The SMILES string of the molecule is N#Cc1cccc(-c2cccc(-c3nc4ccc(-c5ccc6c(c5)C5(c7ccccc7-c7ccccc75)c5ccccc5-6)cc4o3)c2)c1. The molecule has 3 nitrogen and oxygen atoms in total. The van der Waals surface area contributed by atoms with Crippen molar-refractivity contribution >= 4 is 11.1 Å². The molecule has 2 aliphatic rings. The third-order valence-electron chi connectivity index (χ3n) is 10.2. The Balaban J connectivity index is 1.10. The highest BCUT2D eigenvalue weighted by molar-refractivity contribution is 5.96. The molecule has 48 heavy (non-hydrogen) atoms. The van der Waals surface area contributed by atoms with Crippen molar-refractivity contribution in [3.63, 3.8) is 0 Å². The van der Waals surface area contributed by atoms with E-state index in [0.717, 1.165) is 38.9 Å². The van der Waals surface area contributed by atoms with Gasteiger partial charge in [0, 0.05) is 5.56 Å². The largest absolute Gasteiger partial charge is 0.436 e. The molecule has 0 saturated heterocycles. The zero-order valence-electron chi connectivity index (χ0n) is 25.8. The minimum Gasteiger partial charge on any atom is -0.436 e. The monoisotopic (exact) mass is 610 g/mol. The van der Waals surface area contributed by atoms with Gasteiger partial charge in [-0.05, 0) is 109 Å². The predicted octanol–water partition coefficient (Wildman–Crippen LogP) is 11.0. The van der Waals surface area contributed by atoms with Crippen molar-refractivity contribution in [2.45, 2.75) is 5.41 Å². The van der Waals surface area contributed by atoms with Crippen LogP contribution in [-0.4, -0.2) is 4.98 Å². The van der Waals surface area contributed by atoms with Crippen LogP contribution >= 0.6 is 0 Å². The van der Waals surface area contributed by atoms with Crippen LogP contribution in [0.15, 0.2) is 162 Å². The van der Waals surface area contributed by atoms with E-state index in [1.165, 1.54) is 44.5 Å². The summed E-state index contributed by atoms with van der Waals surface area (Å²) >= 11 is 0. The van der Waals surface area contributed by atoms with E-state index in [4.69, 9.17) is 9.40 Å². The Hall–Kier alpha value is -6.50. The summed E-state index contributed by atoms with van der Waals surface area (Å²) in [6, 6.07) is 57.9. The topological polar surface area (TPSA) is 49.8 Å². The fourth-order valence-corrected chi connectivity index (χ4v) is 8.10. The van der Waals surface area contributed by atoms with E-state index < -0.39 is 0 Å². The maximum Gasteiger partial charge on any atom is 0.227 e. The van der Waals surface area contributed by atoms with Gasteiger partial charge >= 0.3 is 0 Å². The lowest BCUT2D eigenvalue weighted by molar-refractivity contribution is 0.620. The van der Waals surface area contributed by atoms with Gasteiger partial charge in [-0.2, -0.15) is 5.26 Å². The number of nitriles is 1. The number of benzene rings is 7. The summed E-state index contributed by atoms with van der Waals surface area (Å²) in [5.41, 5.74) is 17.4. The molecule has 3 heteroatoms. The number of hydrogen-bond acceptors (Lipinski definition) is 3. The van der Waals surface area contributed by atoms with Crippen LogP contribution in [0.4, 0.5) is 0 Å². The molecule has 1 heterocycles. The van der Waals surface area contributed by atoms with Crippen LogP contribution < -0.4 is 0 Å². The highest BCUT2D eigenvalue weighted by atomic mass is 16.3. The van der Waals surface area contributed by atoms with Crippen LogP contribution in [0.5, 0.6) is 0 Å². The maximum atomic E-state index is 9.37. The Morgan fingerprint density at radius 2 is 1.00 bits per heavy atom. The van der Waals surface area contributed by atoms with Crippen LogP contribution in [0.2, 0.25) is 0 Å². The van der Waals surface area contributed by atoms with E-state index in [9.17, 15) is 5.26 Å². The molecule has 0 aliphatic heterocycles. The Morgan fingerprint density at radius 1 is 0.458 bits per heavy atom. The Kier molecular flexibility index (Phi) is 5.56. The zero-order valence-corrected chi connectivity index (χ0v) is 25.8. The Morgan fingerprint density at radius 3 is 1.69 bits per heavy atom. The second-order valence-electron chi connectivity index (χ2n) is 12.6. The molecule has 2 aliphatic carbocycles. The number of nitrogens with zero attached hydrogens (tertiary/aromatic N) is 2. The molecule has 10 rings (SSSR count). The molecular formula is C45H26N2O. The standard InChI is InChI=1S/C45H26N2O/c46-27-28-9-7-10-29(23-28)30-11-8-12-33(24-30)44-47-42-22-20-32(26-43(42)48-44)31-19-21-37-36-15-3-6-18-40(36)45(41(37)25-31)38-16-4-1-13-34(38)35-14-2-5-17-39(35)45/h1-26H. The van der Waals surface area contributed by atoms with Crippen molar-refractivity contribution in [2.75, 3.05) is 0 Å². The summed E-state index contributed by atoms with van der Waals surface area (Å²) in [4.78, 5) is 4.86. The van der Waals surface area contributed by atoms with Gasteiger partial charge < -0.3 is 4.42 Å². The number of fused-ring (bicyclic) bond motifs is 11. The number of rotatable bonds is 3. The van der Waals surface area contributed by atoms with E-state index in [0.29, 0.717) is 11.5 Å². The molecule has 8 aromatic rings. The first-order chi connectivity index (χ1) is 23.7. The molecule has 0 amide bonds. The molecule has 1 aromatic heterocycles. The van der Waals surface area contributed by atoms with Gasteiger partial charge in [-0.25, -0.2) is 4.98 Å². The van der Waals surface area contributed by atoms with Crippen molar-refractivity contribution in [3.8, 4) is 62.0 Å². The Labute approximate surface area is 278 Å². The molecule has 7 aromatic carbocycles. The molecule has 0 N–H and O–H groups in total. The summed E-state index contributed by atoms with van der Waals surface area (Å²) in [6.07, 6.45) is 0. The molecule has 0 atom stereocenters. The van der Waals surface area contributed by atoms with Gasteiger partial charge in [-0.3, -0.25) is 0 Å². The summed E-state index contributed by atoms with van der Waals surface area (Å²) in [5, 5.41) is 9.37. The fourth-order valence-electron chi connectivity index (χ4n) is 8.10. The van der Waals surface area contributed by atoms with Gasteiger partial charge in [0.05, 0.1) is 17.0 Å². The molecule has 0 fully saturated rings. The van der Waals surface area contributed by atoms with Crippen LogP contribution in [0.1, 0.15) is 27.8 Å². The van der Waals surface area contributed by atoms with Crippen molar-refractivity contribution in [2.24, 2.45) is 0 Å². The number of hydrogen-bond donors (Lipinski definition) is 0. The summed E-state index contributed by atoms with van der Waals surface area (Å²) in [7, 11) is 0. The van der Waals surface area contributed by atoms with Gasteiger partial charge in [0.1, 0.15) is 5.52 Å². The quantitative estimate of drug-likeness (QED) is 0.200. The molecule has 0 bridgehead atoms. The third kappa shape index (κ3) is 3.66. The van der Waals surface area contributed by atoms with Crippen molar-refractivity contribution in [3.05, 3.63) is 186 Å². The van der Waals surface area contributed by atoms with Gasteiger partial charge in [0.2, 0.25) is 5.89 Å². The van der Waals surface area contributed by atoms with Gasteiger partial charge in [-0.1, -0.05) is 115 Å². The number of aromatic nitrogens is 1. The van der Waals surface area contributed by atoms with E-state index >= 15 is 0 Å². The fraction of sp³-hybridized carbons (Fsp3) is 0.0222. The minimum atomic E-state index is -0.379. The summed E-state index contributed by atoms with van der Waals surface area (Å²) in [6.45, 7) is 0. The zero-order chi connectivity index (χ0) is 31.8. The first kappa shape index (κ1) is 26.7. The molecule has 0 radical (unpaired) electrons. The van der Waals surface area contributed by atoms with Crippen molar-refractivity contribution in [1.82, 2.24) is 4.98 Å². The van der Waals surface area contributed by atoms with E-state index in [-0.39, 0.29) is 5.41 Å². The van der Waals surface area contributed by atoms with Gasteiger partial charge in [0.15, 0.2) is 5.58 Å². The summed E-state index contributed by atoms with van der Waals surface area (Å²) < 4.78 is 6.42. The van der Waals surface area contributed by atoms with E-state index in [2.05, 4.69) is 121 Å². The minimum absolute atomic E-state index is 0.379. The lowest BCUT2D eigenvalue weighted by Gasteiger charge is -2.30. The normalized spacial score (nSPS) is 13.1. The molecule has 0 unspecified atom stereocenters. The number of oxazole rings is 1. The van der Waals surface area contributed by atoms with Crippen LogP contribution in [0.3, 0.4) is 0 Å². The second-order valence-corrected chi connectivity index (χ2v) is 12.6. The Bertz CT molecular complexity index is 2590. The van der Waals surface area contributed by atoms with E-state index in [1.807, 2.05) is 42.5 Å². The van der Waals surface area contributed by atoms with Crippen molar-refractivity contribution < 1.29 is 4.42 Å². The van der Waals surface area contributed by atoms with Gasteiger partial charge in [0.25, 0.3) is 0 Å². The van der Waals surface area contributed by atoms with Crippen LogP contribution in [-0.2, 0) is 5.41 Å². The van der Waals surface area contributed by atoms with Crippen LogP contribution in [0.25, 0.3) is 67.1 Å². The van der Waals surface area contributed by atoms with Crippen molar-refractivity contribution in [1.29, 1.82) is 5.26 Å². The second kappa shape index (κ2) is 10.00. The smallest absolute Gasteiger partial charge is 0.227 e. The van der Waals surface area contributed by atoms with Crippen LogP contribution in [0, 0.1) is 11.3 Å². The molecular weight excluding hydrogens is 585 g/mol. The van der Waals surface area contributed by atoms with Gasteiger partial charge in [-0.15, -0.1) is 0 Å². The molecule has 222 valence electrons. The molecule has 0 saturated carbocycles. The highest BCUT2D eigenvalue weighted by Crippen LogP contribution is 2.63. The highest BCUT2D eigenvalue weighted by Gasteiger charge is 2.51. The maximum absolute atomic E-state index is 9.37. The first-order valence-electron chi connectivity index (χ1n) is 16.2. The lowest BCUT2D eigenvalue weighted by Crippen LogP contribution is -2.25. The first-order valence-corrected chi connectivity index (χ1v) is 16.2. The van der Waals surface area contributed by atoms with E-state index in [1.54, 1.807) is 0 Å². The predicted molar refractivity (Wildman–Crippen MR) is 191 cm³/mol. The summed E-state index contributed by atoms with van der Waals surface area (Å²) in [5.74, 6) is 0.572. The average Bonchev–Trinajstić information content (AvgIpc) is 3.81.